The van der Waals surface area contributed by atoms with Gasteiger partial charge in [-0.2, -0.15) is 0 Å². The zero-order chi connectivity index (χ0) is 21.5. The molecule has 2 aromatic carbocycles. The van der Waals surface area contributed by atoms with Crippen LogP contribution in [0.5, 0.6) is 11.5 Å². The molecular weight excluding hydrogens is 390 g/mol. The minimum Gasteiger partial charge on any atom is -0.493 e. The molecule has 3 rings (SSSR count). The van der Waals surface area contributed by atoms with Gasteiger partial charge in [0.25, 0.3) is 0 Å². The lowest BCUT2D eigenvalue weighted by atomic mass is 10.2. The molecule has 1 aliphatic heterocycles. The molecule has 1 atom stereocenters. The van der Waals surface area contributed by atoms with Gasteiger partial charge in [0.05, 0.1) is 13.7 Å². The summed E-state index contributed by atoms with van der Waals surface area (Å²) in [5, 5.41) is 6.60. The van der Waals surface area contributed by atoms with Crippen LogP contribution in [0, 0.1) is 11.6 Å². The molecule has 0 saturated carbocycles. The van der Waals surface area contributed by atoms with Gasteiger partial charge in [-0.1, -0.05) is 12.1 Å². The highest BCUT2D eigenvalue weighted by Gasteiger charge is 2.27. The molecule has 1 unspecified atom stereocenters. The first-order valence-electron chi connectivity index (χ1n) is 10.0. The first kappa shape index (κ1) is 21.7. The van der Waals surface area contributed by atoms with Crippen molar-refractivity contribution in [3.63, 3.8) is 0 Å². The molecule has 1 heterocycles. The summed E-state index contributed by atoms with van der Waals surface area (Å²) in [7, 11) is 3.30. The molecule has 1 saturated heterocycles. The van der Waals surface area contributed by atoms with Gasteiger partial charge < -0.3 is 25.0 Å². The van der Waals surface area contributed by atoms with Crippen LogP contribution in [0.4, 0.5) is 14.5 Å². The molecular formula is C22H28F2N4O2. The van der Waals surface area contributed by atoms with Crippen molar-refractivity contribution in [2.24, 2.45) is 4.99 Å². The quantitative estimate of drug-likeness (QED) is 0.534. The summed E-state index contributed by atoms with van der Waals surface area (Å²) < 4.78 is 39.0. The topological polar surface area (TPSA) is 58.1 Å². The van der Waals surface area contributed by atoms with Crippen molar-refractivity contribution >= 4 is 11.6 Å². The van der Waals surface area contributed by atoms with Gasteiger partial charge in [0.1, 0.15) is 17.3 Å². The number of guanidine groups is 1. The Morgan fingerprint density at radius 2 is 1.97 bits per heavy atom. The van der Waals surface area contributed by atoms with E-state index in [-0.39, 0.29) is 11.7 Å². The van der Waals surface area contributed by atoms with E-state index >= 15 is 0 Å². The Morgan fingerprint density at radius 3 is 2.63 bits per heavy atom. The first-order valence-corrected chi connectivity index (χ1v) is 10.0. The third-order valence-corrected chi connectivity index (χ3v) is 4.99. The summed E-state index contributed by atoms with van der Waals surface area (Å²) in [6.45, 7) is 4.10. The van der Waals surface area contributed by atoms with Crippen LogP contribution in [0.15, 0.2) is 41.4 Å². The maximum atomic E-state index is 14.0. The zero-order valence-corrected chi connectivity index (χ0v) is 17.5. The molecule has 30 heavy (non-hydrogen) atoms. The smallest absolute Gasteiger partial charge is 0.191 e. The number of ether oxygens (including phenoxy) is 2. The van der Waals surface area contributed by atoms with E-state index < -0.39 is 11.6 Å². The number of methoxy groups -OCH3 is 1. The van der Waals surface area contributed by atoms with Crippen LogP contribution in [0.25, 0.3) is 0 Å². The van der Waals surface area contributed by atoms with Crippen LogP contribution < -0.4 is 25.0 Å². The molecule has 1 fully saturated rings. The van der Waals surface area contributed by atoms with Gasteiger partial charge in [-0.3, -0.25) is 4.99 Å². The number of anilines is 1. The van der Waals surface area contributed by atoms with E-state index in [0.717, 1.165) is 12.0 Å². The van der Waals surface area contributed by atoms with Crippen LogP contribution in [-0.4, -0.2) is 45.9 Å². The van der Waals surface area contributed by atoms with E-state index in [1.807, 2.05) is 25.1 Å². The fourth-order valence-electron chi connectivity index (χ4n) is 3.54. The van der Waals surface area contributed by atoms with Crippen molar-refractivity contribution in [3.05, 3.63) is 53.6 Å². The van der Waals surface area contributed by atoms with Gasteiger partial charge in [-0.05, 0) is 43.2 Å². The number of aliphatic imine (C=N–C) groups is 1. The molecule has 0 bridgehead atoms. The average molecular weight is 418 g/mol. The third kappa shape index (κ3) is 5.11. The van der Waals surface area contributed by atoms with Crippen molar-refractivity contribution in [1.29, 1.82) is 0 Å². The Morgan fingerprint density at radius 1 is 1.20 bits per heavy atom. The number of para-hydroxylation sites is 1. The number of nitrogens with zero attached hydrogens (tertiary/aromatic N) is 2. The van der Waals surface area contributed by atoms with Crippen molar-refractivity contribution in [2.75, 3.05) is 38.8 Å². The highest BCUT2D eigenvalue weighted by Crippen LogP contribution is 2.28. The number of rotatable bonds is 7. The molecule has 0 amide bonds. The lowest BCUT2D eigenvalue weighted by Crippen LogP contribution is -2.44. The Hall–Kier alpha value is -3.03. The van der Waals surface area contributed by atoms with Gasteiger partial charge >= 0.3 is 0 Å². The molecule has 2 N–H and O–H groups in total. The normalized spacial score (nSPS) is 16.5. The van der Waals surface area contributed by atoms with Gasteiger partial charge in [0.15, 0.2) is 17.5 Å². The Labute approximate surface area is 175 Å². The second-order valence-corrected chi connectivity index (χ2v) is 6.99. The summed E-state index contributed by atoms with van der Waals surface area (Å²) >= 11 is 0. The molecule has 8 heteroatoms. The predicted molar refractivity (Wildman–Crippen MR) is 114 cm³/mol. The Bertz CT molecular complexity index is 871. The standard InChI is InChI=1S/C22H28F2N4O2/c1-4-30-19-9-8-15(12-20(19)29-3)13-26-22(25-2)27-16-10-11-28(14-16)21-17(23)6-5-7-18(21)24/h5-9,12,16H,4,10-11,13-14H2,1-3H3,(H2,25,26,27). The molecule has 0 aromatic heterocycles. The fraction of sp³-hybridized carbons (Fsp3) is 0.409. The molecule has 0 radical (unpaired) electrons. The van der Waals surface area contributed by atoms with Gasteiger partial charge in [-0.25, -0.2) is 8.78 Å². The second kappa shape index (κ2) is 10.1. The molecule has 2 aromatic rings. The van der Waals surface area contributed by atoms with E-state index in [4.69, 9.17) is 9.47 Å². The lowest BCUT2D eigenvalue weighted by Gasteiger charge is -2.21. The maximum Gasteiger partial charge on any atom is 0.191 e. The Balaban J connectivity index is 1.57. The number of hydrogen-bond acceptors (Lipinski definition) is 4. The molecule has 0 spiro atoms. The number of halogens is 2. The van der Waals surface area contributed by atoms with E-state index in [1.165, 1.54) is 18.2 Å². The SMILES string of the molecule is CCOc1ccc(CNC(=NC)NC2CCN(c3c(F)cccc3F)C2)cc1OC. The lowest BCUT2D eigenvalue weighted by molar-refractivity contribution is 0.310. The van der Waals surface area contributed by atoms with Crippen molar-refractivity contribution < 1.29 is 18.3 Å². The molecule has 1 aliphatic rings. The monoisotopic (exact) mass is 418 g/mol. The Kier molecular flexibility index (Phi) is 7.32. The maximum absolute atomic E-state index is 14.0. The number of hydrogen-bond donors (Lipinski definition) is 2. The minimum absolute atomic E-state index is 0.0325. The molecule has 162 valence electrons. The summed E-state index contributed by atoms with van der Waals surface area (Å²) in [5.41, 5.74) is 1.05. The minimum atomic E-state index is -0.539. The molecule has 6 nitrogen and oxygen atoms in total. The summed E-state index contributed by atoms with van der Waals surface area (Å²) in [4.78, 5) is 5.99. The average Bonchev–Trinajstić information content (AvgIpc) is 3.20. The second-order valence-electron chi connectivity index (χ2n) is 6.99. The summed E-state index contributed by atoms with van der Waals surface area (Å²) in [5.74, 6) is 0.934. The van der Waals surface area contributed by atoms with E-state index in [1.54, 1.807) is 19.1 Å². The largest absolute Gasteiger partial charge is 0.493 e. The highest BCUT2D eigenvalue weighted by molar-refractivity contribution is 5.80. The van der Waals surface area contributed by atoms with Crippen LogP contribution in [0.3, 0.4) is 0 Å². The highest BCUT2D eigenvalue weighted by atomic mass is 19.1. The van der Waals surface area contributed by atoms with E-state index in [9.17, 15) is 8.78 Å². The fourth-order valence-corrected chi connectivity index (χ4v) is 3.54. The molecule has 0 aliphatic carbocycles. The van der Waals surface area contributed by atoms with E-state index in [0.29, 0.717) is 43.7 Å². The van der Waals surface area contributed by atoms with Crippen molar-refractivity contribution in [1.82, 2.24) is 10.6 Å². The third-order valence-electron chi connectivity index (χ3n) is 4.99. The summed E-state index contributed by atoms with van der Waals surface area (Å²) in [6, 6.07) is 9.74. The van der Waals surface area contributed by atoms with Gasteiger partial charge in [0.2, 0.25) is 0 Å². The van der Waals surface area contributed by atoms with Crippen molar-refractivity contribution in [2.45, 2.75) is 25.9 Å². The number of benzene rings is 2. The van der Waals surface area contributed by atoms with Gasteiger partial charge in [0, 0.05) is 32.7 Å². The van der Waals surface area contributed by atoms with Crippen LogP contribution in [0.2, 0.25) is 0 Å². The number of nitrogens with one attached hydrogen (secondary N) is 2. The summed E-state index contributed by atoms with van der Waals surface area (Å²) in [6.07, 6.45) is 0.755. The first-order chi connectivity index (χ1) is 14.5. The predicted octanol–water partition coefficient (Wildman–Crippen LogP) is 3.32. The van der Waals surface area contributed by atoms with Crippen LogP contribution in [-0.2, 0) is 6.54 Å². The van der Waals surface area contributed by atoms with E-state index in [2.05, 4.69) is 15.6 Å². The van der Waals surface area contributed by atoms with Gasteiger partial charge in [-0.15, -0.1) is 0 Å². The van der Waals surface area contributed by atoms with Crippen LogP contribution >= 0.6 is 0 Å². The van der Waals surface area contributed by atoms with Crippen molar-refractivity contribution in [3.8, 4) is 11.5 Å². The zero-order valence-electron chi connectivity index (χ0n) is 17.5. The van der Waals surface area contributed by atoms with Crippen LogP contribution in [0.1, 0.15) is 18.9 Å².